The van der Waals surface area contributed by atoms with Gasteiger partial charge in [-0.1, -0.05) is 12.8 Å². The number of hydrogen-bond acceptors (Lipinski definition) is 5. The van der Waals surface area contributed by atoms with Crippen molar-refractivity contribution in [2.45, 2.75) is 56.9 Å². The standard InChI is InChI=1S/C24H31N3O5/c1-16-17-12-19-20(32-11-10-31-19)13-18(17)24(7-3-4-8-24)15-27(16)21(28)6-5-9-26-22(29)14-25(2)23(26)30/h12-13,16H,3-11,14-15H2,1-2H3. The monoisotopic (exact) mass is 441 g/mol. The van der Waals surface area contributed by atoms with E-state index in [0.717, 1.165) is 42.7 Å². The van der Waals surface area contributed by atoms with Crippen LogP contribution in [0.15, 0.2) is 12.1 Å². The summed E-state index contributed by atoms with van der Waals surface area (Å²) >= 11 is 0. The maximum atomic E-state index is 13.3. The molecular weight excluding hydrogens is 410 g/mol. The Labute approximate surface area is 188 Å². The summed E-state index contributed by atoms with van der Waals surface area (Å²) < 4.78 is 11.7. The second-order valence-electron chi connectivity index (χ2n) is 9.56. The van der Waals surface area contributed by atoms with Crippen molar-refractivity contribution >= 4 is 17.8 Å². The van der Waals surface area contributed by atoms with E-state index in [9.17, 15) is 14.4 Å². The van der Waals surface area contributed by atoms with Gasteiger partial charge in [0.1, 0.15) is 19.8 Å². The molecule has 4 amide bonds. The van der Waals surface area contributed by atoms with Crippen LogP contribution in [0.25, 0.3) is 0 Å². The van der Waals surface area contributed by atoms with Crippen LogP contribution in [0.1, 0.15) is 62.6 Å². The zero-order valence-corrected chi connectivity index (χ0v) is 18.9. The molecule has 0 aromatic heterocycles. The van der Waals surface area contributed by atoms with Crippen LogP contribution in [0.3, 0.4) is 0 Å². The highest BCUT2D eigenvalue weighted by Crippen LogP contribution is 2.52. The number of likely N-dealkylation sites (N-methyl/N-ethyl adjacent to an activating group) is 1. The number of nitrogens with zero attached hydrogens (tertiary/aromatic N) is 3. The van der Waals surface area contributed by atoms with Crippen LogP contribution in [0, 0.1) is 0 Å². The quantitative estimate of drug-likeness (QED) is 0.672. The highest BCUT2D eigenvalue weighted by Gasteiger charge is 2.46. The van der Waals surface area contributed by atoms with Crippen molar-refractivity contribution in [3.05, 3.63) is 23.3 Å². The Bertz CT molecular complexity index is 955. The molecule has 4 aliphatic rings. The van der Waals surface area contributed by atoms with Gasteiger partial charge in [0.15, 0.2) is 11.5 Å². The summed E-state index contributed by atoms with van der Waals surface area (Å²) in [5, 5.41) is 0. The lowest BCUT2D eigenvalue weighted by molar-refractivity contribution is -0.135. The van der Waals surface area contributed by atoms with Crippen molar-refractivity contribution in [2.75, 3.05) is 39.9 Å². The molecule has 0 bridgehead atoms. The van der Waals surface area contributed by atoms with Crippen LogP contribution in [0.4, 0.5) is 4.79 Å². The minimum atomic E-state index is -0.278. The van der Waals surface area contributed by atoms with Gasteiger partial charge in [0.25, 0.3) is 0 Å². The fourth-order valence-corrected chi connectivity index (χ4v) is 5.83. The number of fused-ring (bicyclic) bond motifs is 3. The van der Waals surface area contributed by atoms with Crippen molar-refractivity contribution < 1.29 is 23.9 Å². The number of carbonyl (C=O) groups excluding carboxylic acids is 3. The molecule has 1 spiro atoms. The number of urea groups is 1. The smallest absolute Gasteiger partial charge is 0.326 e. The Morgan fingerprint density at radius 2 is 1.81 bits per heavy atom. The van der Waals surface area contributed by atoms with Crippen molar-refractivity contribution in [1.82, 2.24) is 14.7 Å². The van der Waals surface area contributed by atoms with E-state index in [4.69, 9.17) is 9.47 Å². The average molecular weight is 442 g/mol. The van der Waals surface area contributed by atoms with Crippen molar-refractivity contribution in [3.8, 4) is 11.5 Å². The normalized spacial score (nSPS) is 23.8. The lowest BCUT2D eigenvalue weighted by Gasteiger charge is -2.46. The van der Waals surface area contributed by atoms with Crippen LogP contribution in [0.2, 0.25) is 0 Å². The number of amides is 4. The molecule has 1 atom stereocenters. The predicted molar refractivity (Wildman–Crippen MR) is 117 cm³/mol. The second kappa shape index (κ2) is 7.98. The van der Waals surface area contributed by atoms with Crippen LogP contribution < -0.4 is 9.47 Å². The molecule has 0 N–H and O–H groups in total. The van der Waals surface area contributed by atoms with Gasteiger partial charge in [-0.2, -0.15) is 0 Å². The van der Waals surface area contributed by atoms with Gasteiger partial charge >= 0.3 is 6.03 Å². The fourth-order valence-electron chi connectivity index (χ4n) is 5.83. The molecule has 1 aliphatic carbocycles. The number of benzene rings is 1. The maximum absolute atomic E-state index is 13.3. The molecule has 172 valence electrons. The molecule has 1 saturated heterocycles. The van der Waals surface area contributed by atoms with Gasteiger partial charge in [-0.15, -0.1) is 0 Å². The molecule has 1 aromatic carbocycles. The lowest BCUT2D eigenvalue weighted by Crippen LogP contribution is -2.48. The first-order chi connectivity index (χ1) is 15.4. The summed E-state index contributed by atoms with van der Waals surface area (Å²) in [6.45, 7) is 4.30. The topological polar surface area (TPSA) is 79.4 Å². The Kier molecular flexibility index (Phi) is 5.26. The van der Waals surface area contributed by atoms with Gasteiger partial charge in [-0.05, 0) is 49.4 Å². The van der Waals surface area contributed by atoms with E-state index in [0.29, 0.717) is 32.6 Å². The van der Waals surface area contributed by atoms with E-state index in [1.807, 2.05) is 4.90 Å². The van der Waals surface area contributed by atoms with Crippen molar-refractivity contribution in [3.63, 3.8) is 0 Å². The number of carbonyl (C=O) groups is 3. The Morgan fingerprint density at radius 3 is 2.47 bits per heavy atom. The predicted octanol–water partition coefficient (Wildman–Crippen LogP) is 2.85. The van der Waals surface area contributed by atoms with Gasteiger partial charge in [0.2, 0.25) is 11.8 Å². The average Bonchev–Trinajstić information content (AvgIpc) is 3.35. The zero-order valence-electron chi connectivity index (χ0n) is 18.9. The van der Waals surface area contributed by atoms with Crippen LogP contribution in [-0.4, -0.2) is 72.4 Å². The largest absolute Gasteiger partial charge is 0.486 e. The molecule has 2 fully saturated rings. The lowest BCUT2D eigenvalue weighted by atomic mass is 9.71. The van der Waals surface area contributed by atoms with Gasteiger partial charge in [-0.3, -0.25) is 14.5 Å². The summed E-state index contributed by atoms with van der Waals surface area (Å²) in [4.78, 5) is 42.1. The Morgan fingerprint density at radius 1 is 1.12 bits per heavy atom. The molecule has 3 aliphatic heterocycles. The Balaban J connectivity index is 1.34. The SMILES string of the molecule is CC1c2cc3c(cc2C2(CCCC2)CN1C(=O)CCCN1C(=O)CN(C)C1=O)OCCO3. The molecule has 1 unspecified atom stereocenters. The molecule has 32 heavy (non-hydrogen) atoms. The first-order valence-corrected chi connectivity index (χ1v) is 11.7. The van der Waals surface area contributed by atoms with E-state index in [2.05, 4.69) is 19.1 Å². The van der Waals surface area contributed by atoms with Crippen LogP contribution >= 0.6 is 0 Å². The minimum absolute atomic E-state index is 0.0308. The van der Waals surface area contributed by atoms with Crippen LogP contribution in [-0.2, 0) is 15.0 Å². The van der Waals surface area contributed by atoms with Crippen molar-refractivity contribution in [2.24, 2.45) is 0 Å². The summed E-state index contributed by atoms with van der Waals surface area (Å²) in [6.07, 6.45) is 5.27. The molecule has 5 rings (SSSR count). The molecule has 0 radical (unpaired) electrons. The molecule has 8 heteroatoms. The number of imide groups is 1. The van der Waals surface area contributed by atoms with Gasteiger partial charge in [-0.25, -0.2) is 4.79 Å². The van der Waals surface area contributed by atoms with E-state index in [1.165, 1.54) is 15.4 Å². The molecule has 3 heterocycles. The van der Waals surface area contributed by atoms with Gasteiger partial charge in [0, 0.05) is 32.0 Å². The summed E-state index contributed by atoms with van der Waals surface area (Å²) in [5.74, 6) is 1.47. The molecule has 8 nitrogen and oxygen atoms in total. The third-order valence-corrected chi connectivity index (χ3v) is 7.56. The number of hydrogen-bond donors (Lipinski definition) is 0. The van der Waals surface area contributed by atoms with Gasteiger partial charge in [0.05, 0.1) is 6.04 Å². The van der Waals surface area contributed by atoms with E-state index in [-0.39, 0.29) is 42.4 Å². The number of ether oxygens (including phenoxy) is 2. The third-order valence-electron chi connectivity index (χ3n) is 7.56. The zero-order chi connectivity index (χ0) is 22.5. The summed E-state index contributed by atoms with van der Waals surface area (Å²) in [6, 6.07) is 3.90. The molecular formula is C24H31N3O5. The first kappa shape index (κ1) is 21.1. The molecule has 1 saturated carbocycles. The third kappa shape index (κ3) is 3.40. The van der Waals surface area contributed by atoms with Crippen molar-refractivity contribution in [1.29, 1.82) is 0 Å². The fraction of sp³-hybridized carbons (Fsp3) is 0.625. The highest BCUT2D eigenvalue weighted by molar-refractivity contribution is 6.01. The minimum Gasteiger partial charge on any atom is -0.486 e. The summed E-state index contributed by atoms with van der Waals surface area (Å²) in [5.41, 5.74) is 2.44. The van der Waals surface area contributed by atoms with E-state index in [1.54, 1.807) is 7.05 Å². The molecule has 1 aromatic rings. The van der Waals surface area contributed by atoms with Crippen LogP contribution in [0.5, 0.6) is 11.5 Å². The first-order valence-electron chi connectivity index (χ1n) is 11.7. The second-order valence-corrected chi connectivity index (χ2v) is 9.56. The van der Waals surface area contributed by atoms with E-state index >= 15 is 0 Å². The Hall–Kier alpha value is -2.77. The van der Waals surface area contributed by atoms with E-state index < -0.39 is 0 Å². The highest BCUT2D eigenvalue weighted by atomic mass is 16.6. The maximum Gasteiger partial charge on any atom is 0.326 e. The number of rotatable bonds is 4. The van der Waals surface area contributed by atoms with Gasteiger partial charge < -0.3 is 19.3 Å². The summed E-state index contributed by atoms with van der Waals surface area (Å²) in [7, 11) is 1.62.